The van der Waals surface area contributed by atoms with Crippen LogP contribution in [0.2, 0.25) is 5.02 Å². The van der Waals surface area contributed by atoms with E-state index in [2.05, 4.69) is 65.4 Å². The second-order valence-corrected chi connectivity index (χ2v) is 6.03. The maximum absolute atomic E-state index is 5.99. The summed E-state index contributed by atoms with van der Waals surface area (Å²) in [4.78, 5) is 0. The molecule has 0 radical (unpaired) electrons. The minimum absolute atomic E-state index is 0.328. The summed E-state index contributed by atoms with van der Waals surface area (Å²) in [6.07, 6.45) is 0. The van der Waals surface area contributed by atoms with E-state index in [0.29, 0.717) is 6.04 Å². The SMILES string of the molecule is Cc1cccc([C@@H](C)NCc2ccc(Cl)c(Br)c2)c1. The molecule has 3 heteroatoms. The van der Waals surface area contributed by atoms with Gasteiger partial charge in [-0.2, -0.15) is 0 Å². The highest BCUT2D eigenvalue weighted by molar-refractivity contribution is 9.10. The molecule has 0 aliphatic rings. The van der Waals surface area contributed by atoms with E-state index in [-0.39, 0.29) is 0 Å². The number of nitrogens with one attached hydrogen (secondary N) is 1. The first-order valence-electron chi connectivity index (χ1n) is 6.30. The standard InChI is InChI=1S/C16H17BrClN/c1-11-4-3-5-14(8-11)12(2)19-10-13-6-7-16(18)15(17)9-13/h3-9,12,19H,10H2,1-2H3/t12-/m1/s1. The number of halogens is 2. The van der Waals surface area contributed by atoms with Crippen molar-refractivity contribution in [2.24, 2.45) is 0 Å². The Morgan fingerprint density at radius 2 is 2.00 bits per heavy atom. The molecule has 1 N–H and O–H groups in total. The third-order valence-electron chi connectivity index (χ3n) is 3.14. The average Bonchev–Trinajstić information content (AvgIpc) is 2.40. The zero-order valence-corrected chi connectivity index (χ0v) is 13.4. The molecule has 19 heavy (non-hydrogen) atoms. The minimum atomic E-state index is 0.328. The number of rotatable bonds is 4. The fourth-order valence-electron chi connectivity index (χ4n) is 1.98. The lowest BCUT2D eigenvalue weighted by atomic mass is 10.1. The van der Waals surface area contributed by atoms with Crippen molar-refractivity contribution in [3.8, 4) is 0 Å². The summed E-state index contributed by atoms with van der Waals surface area (Å²) in [7, 11) is 0. The van der Waals surface area contributed by atoms with Gasteiger partial charge in [-0.3, -0.25) is 0 Å². The third-order valence-corrected chi connectivity index (χ3v) is 4.35. The summed E-state index contributed by atoms with van der Waals surface area (Å²) in [5.74, 6) is 0. The lowest BCUT2D eigenvalue weighted by Crippen LogP contribution is -2.18. The van der Waals surface area contributed by atoms with Crippen LogP contribution in [0.25, 0.3) is 0 Å². The summed E-state index contributed by atoms with van der Waals surface area (Å²) in [5, 5.41) is 4.27. The largest absolute Gasteiger partial charge is 0.306 e. The Hall–Kier alpha value is -0.830. The molecule has 0 aliphatic heterocycles. The molecule has 2 rings (SSSR count). The van der Waals surface area contributed by atoms with Crippen molar-refractivity contribution in [3.05, 3.63) is 68.7 Å². The van der Waals surface area contributed by atoms with Gasteiger partial charge in [0.2, 0.25) is 0 Å². The summed E-state index contributed by atoms with van der Waals surface area (Å²) in [5.41, 5.74) is 3.82. The van der Waals surface area contributed by atoms with Gasteiger partial charge in [0.05, 0.1) is 5.02 Å². The van der Waals surface area contributed by atoms with Crippen molar-refractivity contribution in [3.63, 3.8) is 0 Å². The van der Waals surface area contributed by atoms with Crippen molar-refractivity contribution >= 4 is 27.5 Å². The first-order valence-corrected chi connectivity index (χ1v) is 7.47. The van der Waals surface area contributed by atoms with Crippen LogP contribution in [0.1, 0.15) is 29.7 Å². The maximum Gasteiger partial charge on any atom is 0.0548 e. The molecule has 0 saturated carbocycles. The van der Waals surface area contributed by atoms with Gasteiger partial charge in [-0.1, -0.05) is 47.5 Å². The van der Waals surface area contributed by atoms with Crippen LogP contribution < -0.4 is 5.32 Å². The van der Waals surface area contributed by atoms with Gasteiger partial charge in [0.25, 0.3) is 0 Å². The third kappa shape index (κ3) is 4.07. The van der Waals surface area contributed by atoms with Crippen molar-refractivity contribution in [2.75, 3.05) is 0 Å². The van der Waals surface area contributed by atoms with Crippen LogP contribution in [0.3, 0.4) is 0 Å². The molecule has 1 nitrogen and oxygen atoms in total. The molecule has 0 bridgehead atoms. The zero-order chi connectivity index (χ0) is 13.8. The van der Waals surface area contributed by atoms with E-state index in [1.807, 2.05) is 12.1 Å². The minimum Gasteiger partial charge on any atom is -0.306 e. The number of aryl methyl sites for hydroxylation is 1. The molecular weight excluding hydrogens is 322 g/mol. The molecule has 0 aliphatic carbocycles. The van der Waals surface area contributed by atoms with Crippen LogP contribution in [0.15, 0.2) is 46.9 Å². The molecule has 0 fully saturated rings. The highest BCUT2D eigenvalue weighted by Crippen LogP contribution is 2.23. The van der Waals surface area contributed by atoms with E-state index in [1.54, 1.807) is 0 Å². The Bertz CT molecular complexity index is 568. The van der Waals surface area contributed by atoms with Gasteiger partial charge in [0.15, 0.2) is 0 Å². The molecule has 0 amide bonds. The highest BCUT2D eigenvalue weighted by Gasteiger charge is 2.05. The maximum atomic E-state index is 5.99. The molecular formula is C16H17BrClN. The molecule has 2 aromatic rings. The topological polar surface area (TPSA) is 12.0 Å². The highest BCUT2D eigenvalue weighted by atomic mass is 79.9. The first-order chi connectivity index (χ1) is 9.06. The fourth-order valence-corrected chi connectivity index (χ4v) is 2.52. The van der Waals surface area contributed by atoms with E-state index in [4.69, 9.17) is 11.6 Å². The van der Waals surface area contributed by atoms with Crippen LogP contribution in [-0.2, 0) is 6.54 Å². The van der Waals surface area contributed by atoms with Gasteiger partial charge >= 0.3 is 0 Å². The molecule has 0 heterocycles. The first kappa shape index (κ1) is 14.6. The van der Waals surface area contributed by atoms with Gasteiger partial charge in [-0.25, -0.2) is 0 Å². The van der Waals surface area contributed by atoms with Crippen LogP contribution in [-0.4, -0.2) is 0 Å². The zero-order valence-electron chi connectivity index (χ0n) is 11.1. The second kappa shape index (κ2) is 6.56. The fraction of sp³-hybridized carbons (Fsp3) is 0.250. The molecule has 2 aromatic carbocycles. The number of hydrogen-bond donors (Lipinski definition) is 1. The van der Waals surface area contributed by atoms with Crippen LogP contribution >= 0.6 is 27.5 Å². The lowest BCUT2D eigenvalue weighted by Gasteiger charge is -2.15. The van der Waals surface area contributed by atoms with Crippen molar-refractivity contribution in [1.29, 1.82) is 0 Å². The predicted molar refractivity (Wildman–Crippen MR) is 85.6 cm³/mol. The van der Waals surface area contributed by atoms with Gasteiger partial charge in [0.1, 0.15) is 0 Å². The number of benzene rings is 2. The van der Waals surface area contributed by atoms with E-state index >= 15 is 0 Å². The lowest BCUT2D eigenvalue weighted by molar-refractivity contribution is 0.574. The van der Waals surface area contributed by atoms with E-state index in [0.717, 1.165) is 16.0 Å². The Morgan fingerprint density at radius 1 is 1.21 bits per heavy atom. The summed E-state index contributed by atoms with van der Waals surface area (Å²) in [6.45, 7) is 5.12. The molecule has 100 valence electrons. The van der Waals surface area contributed by atoms with Gasteiger partial charge < -0.3 is 5.32 Å². The summed E-state index contributed by atoms with van der Waals surface area (Å²) >= 11 is 9.44. The summed E-state index contributed by atoms with van der Waals surface area (Å²) in [6, 6.07) is 14.9. The summed E-state index contributed by atoms with van der Waals surface area (Å²) < 4.78 is 0.941. The Labute approximate surface area is 128 Å². The van der Waals surface area contributed by atoms with Crippen LogP contribution in [0.4, 0.5) is 0 Å². The molecule has 0 spiro atoms. The molecule has 0 unspecified atom stereocenters. The predicted octanol–water partition coefficient (Wildman–Crippen LogP) is 5.26. The molecule has 1 atom stereocenters. The van der Waals surface area contributed by atoms with Crippen molar-refractivity contribution in [2.45, 2.75) is 26.4 Å². The Kier molecular flexibility index (Phi) is 5.03. The van der Waals surface area contributed by atoms with Crippen LogP contribution in [0, 0.1) is 6.92 Å². The van der Waals surface area contributed by atoms with Crippen molar-refractivity contribution in [1.82, 2.24) is 5.32 Å². The smallest absolute Gasteiger partial charge is 0.0548 e. The quantitative estimate of drug-likeness (QED) is 0.801. The average molecular weight is 339 g/mol. The van der Waals surface area contributed by atoms with E-state index in [9.17, 15) is 0 Å². The van der Waals surface area contributed by atoms with Gasteiger partial charge in [-0.15, -0.1) is 0 Å². The molecule has 0 saturated heterocycles. The Balaban J connectivity index is 2.00. The van der Waals surface area contributed by atoms with E-state index < -0.39 is 0 Å². The molecule has 0 aromatic heterocycles. The second-order valence-electron chi connectivity index (χ2n) is 4.77. The van der Waals surface area contributed by atoms with Crippen LogP contribution in [0.5, 0.6) is 0 Å². The van der Waals surface area contributed by atoms with Gasteiger partial charge in [0, 0.05) is 17.1 Å². The normalized spacial score (nSPS) is 12.4. The number of hydrogen-bond acceptors (Lipinski definition) is 1. The monoisotopic (exact) mass is 337 g/mol. The van der Waals surface area contributed by atoms with Crippen molar-refractivity contribution < 1.29 is 0 Å². The van der Waals surface area contributed by atoms with E-state index in [1.165, 1.54) is 16.7 Å². The Morgan fingerprint density at radius 3 is 2.68 bits per heavy atom. The van der Waals surface area contributed by atoms with Gasteiger partial charge in [-0.05, 0) is 53.0 Å².